The van der Waals surface area contributed by atoms with Crippen LogP contribution < -0.4 is 4.74 Å². The molecule has 0 radical (unpaired) electrons. The minimum absolute atomic E-state index is 0.241. The molecule has 1 aliphatic rings. The Hall–Kier alpha value is -2.13. The summed E-state index contributed by atoms with van der Waals surface area (Å²) in [6.45, 7) is 2.20. The number of Topliss-reactive ketones (excluding diaryl/α,β-unsaturated/α-hetero) is 1. The van der Waals surface area contributed by atoms with Gasteiger partial charge in [0.05, 0.1) is 0 Å². The molecule has 23 heavy (non-hydrogen) atoms. The van der Waals surface area contributed by atoms with E-state index in [-0.39, 0.29) is 5.78 Å². The van der Waals surface area contributed by atoms with Crippen LogP contribution >= 0.6 is 0 Å². The van der Waals surface area contributed by atoms with Crippen molar-refractivity contribution in [2.24, 2.45) is 5.92 Å². The van der Waals surface area contributed by atoms with Crippen LogP contribution in [0.25, 0.3) is 0 Å². The molecule has 3 heteroatoms. The first-order valence-electron chi connectivity index (χ1n) is 8.25. The molecule has 0 aliphatic carbocycles. The lowest BCUT2D eigenvalue weighted by Crippen LogP contribution is -2.31. The van der Waals surface area contributed by atoms with E-state index >= 15 is 0 Å². The number of likely N-dealkylation sites (tertiary alicyclic amines) is 1. The lowest BCUT2D eigenvalue weighted by molar-refractivity contribution is 0.0936. The summed E-state index contributed by atoms with van der Waals surface area (Å²) in [6.07, 6.45) is 2.90. The number of hydrogen-bond donors (Lipinski definition) is 0. The highest BCUT2D eigenvalue weighted by Crippen LogP contribution is 2.24. The zero-order valence-corrected chi connectivity index (χ0v) is 13.6. The summed E-state index contributed by atoms with van der Waals surface area (Å²) < 4.78 is 5.76. The monoisotopic (exact) mass is 309 g/mol. The van der Waals surface area contributed by atoms with Crippen molar-refractivity contribution in [3.8, 4) is 11.5 Å². The average Bonchev–Trinajstić information content (AvgIpc) is 2.58. The highest BCUT2D eigenvalue weighted by Gasteiger charge is 2.20. The molecule has 0 spiro atoms. The van der Waals surface area contributed by atoms with Crippen molar-refractivity contribution in [2.75, 3.05) is 20.1 Å². The number of nitrogens with zero attached hydrogens (tertiary/aromatic N) is 1. The van der Waals surface area contributed by atoms with E-state index in [4.69, 9.17) is 4.74 Å². The molecular weight excluding hydrogens is 286 g/mol. The van der Waals surface area contributed by atoms with Crippen LogP contribution in [-0.4, -0.2) is 30.8 Å². The number of ether oxygens (including phenoxy) is 1. The third-order valence-electron chi connectivity index (χ3n) is 4.47. The molecular formula is C20H23NO2. The number of rotatable bonds is 5. The van der Waals surface area contributed by atoms with Gasteiger partial charge in [0.2, 0.25) is 0 Å². The molecule has 1 aliphatic heterocycles. The Morgan fingerprint density at radius 3 is 2.26 bits per heavy atom. The Labute approximate surface area is 137 Å². The van der Waals surface area contributed by atoms with Gasteiger partial charge in [-0.15, -0.1) is 0 Å². The zero-order valence-electron chi connectivity index (χ0n) is 13.6. The molecule has 0 atom stereocenters. The second-order valence-electron chi connectivity index (χ2n) is 6.31. The topological polar surface area (TPSA) is 29.5 Å². The van der Waals surface area contributed by atoms with Crippen molar-refractivity contribution < 1.29 is 9.53 Å². The zero-order chi connectivity index (χ0) is 16.1. The van der Waals surface area contributed by atoms with Gasteiger partial charge in [-0.25, -0.2) is 0 Å². The van der Waals surface area contributed by atoms with E-state index in [0.717, 1.165) is 43.0 Å². The Morgan fingerprint density at radius 2 is 1.61 bits per heavy atom. The molecule has 0 bridgehead atoms. The van der Waals surface area contributed by atoms with Gasteiger partial charge < -0.3 is 9.64 Å². The molecule has 0 amide bonds. The molecule has 120 valence electrons. The Kier molecular flexibility index (Phi) is 5.09. The van der Waals surface area contributed by atoms with Crippen LogP contribution in [0.1, 0.15) is 29.6 Å². The van der Waals surface area contributed by atoms with Gasteiger partial charge in [0.15, 0.2) is 5.78 Å². The fraction of sp³-hybridized carbons (Fsp3) is 0.350. The Balaban J connectivity index is 1.57. The highest BCUT2D eigenvalue weighted by molar-refractivity contribution is 5.96. The number of hydrogen-bond acceptors (Lipinski definition) is 3. The average molecular weight is 309 g/mol. The van der Waals surface area contributed by atoms with Gasteiger partial charge in [0.1, 0.15) is 11.5 Å². The SMILES string of the molecule is CN1CCC(CC(=O)c2ccc(Oc3ccccc3)cc2)CC1. The van der Waals surface area contributed by atoms with Crippen molar-refractivity contribution >= 4 is 5.78 Å². The smallest absolute Gasteiger partial charge is 0.163 e. The van der Waals surface area contributed by atoms with Gasteiger partial charge in [0.25, 0.3) is 0 Å². The third kappa shape index (κ3) is 4.42. The maximum atomic E-state index is 12.4. The normalized spacial score (nSPS) is 16.2. The lowest BCUT2D eigenvalue weighted by Gasteiger charge is -2.28. The third-order valence-corrected chi connectivity index (χ3v) is 4.47. The lowest BCUT2D eigenvalue weighted by atomic mass is 9.90. The van der Waals surface area contributed by atoms with E-state index < -0.39 is 0 Å². The minimum Gasteiger partial charge on any atom is -0.457 e. The molecule has 1 saturated heterocycles. The quantitative estimate of drug-likeness (QED) is 0.767. The standard InChI is InChI=1S/C20H23NO2/c1-21-13-11-16(12-14-21)15-20(22)17-7-9-19(10-8-17)23-18-5-3-2-4-6-18/h2-10,16H,11-15H2,1H3. The molecule has 0 saturated carbocycles. The van der Waals surface area contributed by atoms with E-state index in [1.165, 1.54) is 0 Å². The van der Waals surface area contributed by atoms with Crippen LogP contribution in [0.15, 0.2) is 54.6 Å². The van der Waals surface area contributed by atoms with Crippen LogP contribution in [0.2, 0.25) is 0 Å². The maximum Gasteiger partial charge on any atom is 0.163 e. The van der Waals surface area contributed by atoms with Gasteiger partial charge in [-0.2, -0.15) is 0 Å². The predicted octanol–water partition coefficient (Wildman–Crippen LogP) is 4.39. The number of piperidine rings is 1. The predicted molar refractivity (Wildman–Crippen MR) is 92.1 cm³/mol. The molecule has 0 unspecified atom stereocenters. The molecule has 1 fully saturated rings. The number of carbonyl (C=O) groups is 1. The van der Waals surface area contributed by atoms with Crippen LogP contribution in [0.3, 0.4) is 0 Å². The summed E-state index contributed by atoms with van der Waals surface area (Å²) >= 11 is 0. The summed E-state index contributed by atoms with van der Waals surface area (Å²) in [5.74, 6) is 2.33. The molecule has 2 aromatic carbocycles. The fourth-order valence-electron chi connectivity index (χ4n) is 2.98. The van der Waals surface area contributed by atoms with Gasteiger partial charge in [-0.05, 0) is 75.3 Å². The largest absolute Gasteiger partial charge is 0.457 e. The van der Waals surface area contributed by atoms with Gasteiger partial charge >= 0.3 is 0 Å². The summed E-state index contributed by atoms with van der Waals surface area (Å²) in [5.41, 5.74) is 0.782. The van der Waals surface area contributed by atoms with Crippen molar-refractivity contribution in [3.05, 3.63) is 60.2 Å². The van der Waals surface area contributed by atoms with E-state index in [0.29, 0.717) is 12.3 Å². The first-order chi connectivity index (χ1) is 11.2. The molecule has 2 aromatic rings. The van der Waals surface area contributed by atoms with Crippen molar-refractivity contribution in [2.45, 2.75) is 19.3 Å². The fourth-order valence-corrected chi connectivity index (χ4v) is 2.98. The van der Waals surface area contributed by atoms with E-state index in [2.05, 4.69) is 11.9 Å². The van der Waals surface area contributed by atoms with Gasteiger partial charge in [0, 0.05) is 12.0 Å². The Bertz CT molecular complexity index is 628. The van der Waals surface area contributed by atoms with Crippen LogP contribution in [-0.2, 0) is 0 Å². The summed E-state index contributed by atoms with van der Waals surface area (Å²) in [4.78, 5) is 14.7. The van der Waals surface area contributed by atoms with Gasteiger partial charge in [-0.1, -0.05) is 18.2 Å². The first kappa shape index (κ1) is 15.8. The van der Waals surface area contributed by atoms with Crippen LogP contribution in [0, 0.1) is 5.92 Å². The van der Waals surface area contributed by atoms with E-state index in [9.17, 15) is 4.79 Å². The van der Waals surface area contributed by atoms with Gasteiger partial charge in [-0.3, -0.25) is 4.79 Å². The van der Waals surface area contributed by atoms with Crippen molar-refractivity contribution in [1.82, 2.24) is 4.90 Å². The molecule has 0 aromatic heterocycles. The summed E-state index contributed by atoms with van der Waals surface area (Å²) in [5, 5.41) is 0. The van der Waals surface area contributed by atoms with E-state index in [1.807, 2.05) is 54.6 Å². The number of para-hydroxylation sites is 1. The second kappa shape index (κ2) is 7.42. The molecule has 1 heterocycles. The first-order valence-corrected chi connectivity index (χ1v) is 8.25. The molecule has 3 rings (SSSR count). The van der Waals surface area contributed by atoms with Crippen LogP contribution in [0.4, 0.5) is 0 Å². The maximum absolute atomic E-state index is 12.4. The number of ketones is 1. The molecule has 0 N–H and O–H groups in total. The van der Waals surface area contributed by atoms with Crippen molar-refractivity contribution in [1.29, 1.82) is 0 Å². The highest BCUT2D eigenvalue weighted by atomic mass is 16.5. The summed E-state index contributed by atoms with van der Waals surface area (Å²) in [6, 6.07) is 17.1. The number of carbonyl (C=O) groups excluding carboxylic acids is 1. The second-order valence-corrected chi connectivity index (χ2v) is 6.31. The van der Waals surface area contributed by atoms with Crippen molar-refractivity contribution in [3.63, 3.8) is 0 Å². The van der Waals surface area contributed by atoms with E-state index in [1.54, 1.807) is 0 Å². The molecule has 3 nitrogen and oxygen atoms in total. The Morgan fingerprint density at radius 1 is 1.00 bits per heavy atom. The number of benzene rings is 2. The summed E-state index contributed by atoms with van der Waals surface area (Å²) in [7, 11) is 2.14. The van der Waals surface area contributed by atoms with Crippen LogP contribution in [0.5, 0.6) is 11.5 Å². The minimum atomic E-state index is 0.241.